The second-order valence-corrected chi connectivity index (χ2v) is 7.13. The average molecular weight is 445 g/mol. The fourth-order valence-corrected chi connectivity index (χ4v) is 2.86. The Kier molecular flexibility index (Phi) is 5.93. The minimum atomic E-state index is -0.556. The van der Waals surface area contributed by atoms with Gasteiger partial charge in [0, 0.05) is 24.6 Å². The van der Waals surface area contributed by atoms with Gasteiger partial charge in [0.2, 0.25) is 5.91 Å². The van der Waals surface area contributed by atoms with Crippen LogP contribution in [0.3, 0.4) is 0 Å². The lowest BCUT2D eigenvalue weighted by atomic mass is 10.2. The molecule has 2 aromatic heterocycles. The third kappa shape index (κ3) is 4.30. The summed E-state index contributed by atoms with van der Waals surface area (Å²) in [6.07, 6.45) is 3.40. The molecule has 3 rings (SSSR count). The first-order chi connectivity index (χ1) is 13.4. The number of hydrogen-bond donors (Lipinski definition) is 2. The summed E-state index contributed by atoms with van der Waals surface area (Å²) in [5.74, 6) is -0.682. The van der Waals surface area contributed by atoms with E-state index in [4.69, 9.17) is 0 Å². The highest BCUT2D eigenvalue weighted by Crippen LogP contribution is 2.20. The topological polar surface area (TPSA) is 93.8 Å². The van der Waals surface area contributed by atoms with Gasteiger partial charge in [0.15, 0.2) is 5.69 Å². The maximum Gasteiger partial charge on any atom is 0.278 e. The molecule has 0 aliphatic carbocycles. The quantitative estimate of drug-likeness (QED) is 0.606. The lowest BCUT2D eigenvalue weighted by Gasteiger charge is -2.12. The summed E-state index contributed by atoms with van der Waals surface area (Å²) in [6, 6.07) is 8.54. The molecule has 146 valence electrons. The normalized spacial score (nSPS) is 11.9. The number of nitrogens with one attached hydrogen (secondary N) is 2. The van der Waals surface area contributed by atoms with Crippen molar-refractivity contribution in [2.24, 2.45) is 0 Å². The van der Waals surface area contributed by atoms with Gasteiger partial charge in [0.25, 0.3) is 5.91 Å². The van der Waals surface area contributed by atoms with E-state index >= 15 is 0 Å². The number of benzene rings is 1. The van der Waals surface area contributed by atoms with Crippen LogP contribution in [0, 0.1) is 6.92 Å². The molecule has 2 amide bonds. The molecular weight excluding hydrogens is 424 g/mol. The molecule has 0 bridgehead atoms. The zero-order chi connectivity index (χ0) is 20.3. The van der Waals surface area contributed by atoms with Crippen LogP contribution in [0.15, 0.2) is 47.2 Å². The molecule has 2 heterocycles. The molecule has 1 aromatic carbocycles. The van der Waals surface area contributed by atoms with Gasteiger partial charge >= 0.3 is 0 Å². The van der Waals surface area contributed by atoms with Crippen molar-refractivity contribution in [1.29, 1.82) is 0 Å². The fourth-order valence-electron chi connectivity index (χ4n) is 2.57. The minimum Gasteiger partial charge on any atom is -0.321 e. The molecule has 8 nitrogen and oxygen atoms in total. The molecule has 1 atom stereocenters. The highest BCUT2D eigenvalue weighted by atomic mass is 79.9. The Hall–Kier alpha value is -2.94. The number of rotatable bonds is 6. The lowest BCUT2D eigenvalue weighted by molar-refractivity contribution is -0.119. The van der Waals surface area contributed by atoms with Crippen LogP contribution in [-0.4, -0.2) is 31.4 Å². The maximum atomic E-state index is 12.7. The van der Waals surface area contributed by atoms with Gasteiger partial charge in [-0.05, 0) is 48.8 Å². The summed E-state index contributed by atoms with van der Waals surface area (Å²) in [4.78, 5) is 25.4. The summed E-state index contributed by atoms with van der Waals surface area (Å²) in [6.45, 7) is 6.07. The molecule has 0 saturated carbocycles. The molecule has 9 heteroatoms. The van der Waals surface area contributed by atoms with Crippen molar-refractivity contribution in [2.45, 2.75) is 33.4 Å². The molecule has 1 unspecified atom stereocenters. The van der Waals surface area contributed by atoms with Crippen LogP contribution in [0.4, 0.5) is 11.4 Å². The molecule has 0 aliphatic rings. The van der Waals surface area contributed by atoms with Crippen molar-refractivity contribution < 1.29 is 9.59 Å². The Bertz CT molecular complexity index is 976. The highest BCUT2D eigenvalue weighted by Gasteiger charge is 2.22. The van der Waals surface area contributed by atoms with Crippen LogP contribution in [0.1, 0.15) is 36.1 Å². The van der Waals surface area contributed by atoms with Gasteiger partial charge in [-0.15, -0.1) is 0 Å². The molecule has 0 aliphatic heterocycles. The Morgan fingerprint density at radius 2 is 1.86 bits per heavy atom. The van der Waals surface area contributed by atoms with Crippen molar-refractivity contribution in [3.8, 4) is 0 Å². The smallest absolute Gasteiger partial charge is 0.278 e. The highest BCUT2D eigenvalue weighted by molar-refractivity contribution is 9.10. The number of carbonyl (C=O) groups excluding carboxylic acids is 2. The molecule has 2 N–H and O–H groups in total. The van der Waals surface area contributed by atoms with E-state index in [1.807, 2.05) is 32.0 Å². The molecule has 28 heavy (non-hydrogen) atoms. The van der Waals surface area contributed by atoms with Crippen LogP contribution in [0.25, 0.3) is 0 Å². The second-order valence-electron chi connectivity index (χ2n) is 6.27. The van der Waals surface area contributed by atoms with Gasteiger partial charge in [-0.3, -0.25) is 19.0 Å². The Balaban J connectivity index is 1.80. The zero-order valence-corrected chi connectivity index (χ0v) is 17.4. The average Bonchev–Trinajstić information content (AvgIpc) is 3.25. The Labute approximate surface area is 171 Å². The Morgan fingerprint density at radius 3 is 2.46 bits per heavy atom. The predicted molar refractivity (Wildman–Crippen MR) is 110 cm³/mol. The second kappa shape index (κ2) is 8.39. The molecule has 0 radical (unpaired) electrons. The van der Waals surface area contributed by atoms with E-state index in [0.29, 0.717) is 17.9 Å². The van der Waals surface area contributed by atoms with E-state index in [1.165, 1.54) is 0 Å². The first kappa shape index (κ1) is 19.8. The number of aryl methyl sites for hydroxylation is 2. The maximum absolute atomic E-state index is 12.7. The fraction of sp³-hybridized carbons (Fsp3) is 0.263. The SMILES string of the molecule is CCn1cc(NC(=O)C(C)n2cc(Br)c(C)n2)c(C(=O)Nc2ccccc2)n1. The van der Waals surface area contributed by atoms with E-state index in [-0.39, 0.29) is 17.5 Å². The number of hydrogen-bond acceptors (Lipinski definition) is 4. The van der Waals surface area contributed by atoms with E-state index < -0.39 is 6.04 Å². The molecular formula is C19H21BrN6O2. The van der Waals surface area contributed by atoms with Gasteiger partial charge in [0.05, 0.1) is 15.9 Å². The van der Waals surface area contributed by atoms with Crippen LogP contribution >= 0.6 is 15.9 Å². The van der Waals surface area contributed by atoms with Crippen molar-refractivity contribution in [2.75, 3.05) is 10.6 Å². The third-order valence-electron chi connectivity index (χ3n) is 4.22. The standard InChI is InChI=1S/C19H21BrN6O2/c1-4-25-11-16(17(24-25)19(28)21-14-8-6-5-7-9-14)22-18(27)13(3)26-10-15(20)12(2)23-26/h5-11,13H,4H2,1-3H3,(H,21,28)(H,22,27). The largest absolute Gasteiger partial charge is 0.321 e. The van der Waals surface area contributed by atoms with Crippen molar-refractivity contribution >= 4 is 39.1 Å². The van der Waals surface area contributed by atoms with E-state index in [9.17, 15) is 9.59 Å². The monoisotopic (exact) mass is 444 g/mol. The van der Waals surface area contributed by atoms with E-state index in [2.05, 4.69) is 36.8 Å². The first-order valence-electron chi connectivity index (χ1n) is 8.85. The number of carbonyl (C=O) groups is 2. The van der Waals surface area contributed by atoms with Crippen LogP contribution in [0.5, 0.6) is 0 Å². The van der Waals surface area contributed by atoms with Crippen molar-refractivity contribution in [3.05, 3.63) is 58.6 Å². The molecule has 0 saturated heterocycles. The van der Waals surface area contributed by atoms with E-state index in [0.717, 1.165) is 10.2 Å². The van der Waals surface area contributed by atoms with E-state index in [1.54, 1.807) is 40.8 Å². The lowest BCUT2D eigenvalue weighted by Crippen LogP contribution is -2.25. The molecule has 0 fully saturated rings. The number of anilines is 2. The number of amides is 2. The number of aromatic nitrogens is 4. The third-order valence-corrected chi connectivity index (χ3v) is 5.00. The van der Waals surface area contributed by atoms with Crippen molar-refractivity contribution in [1.82, 2.24) is 19.6 Å². The van der Waals surface area contributed by atoms with Crippen LogP contribution < -0.4 is 10.6 Å². The number of para-hydroxylation sites is 1. The summed E-state index contributed by atoms with van der Waals surface area (Å²) >= 11 is 3.39. The molecule has 3 aromatic rings. The minimum absolute atomic E-state index is 0.157. The summed E-state index contributed by atoms with van der Waals surface area (Å²) < 4.78 is 4.01. The van der Waals surface area contributed by atoms with Gasteiger partial charge < -0.3 is 10.6 Å². The zero-order valence-electron chi connectivity index (χ0n) is 15.8. The predicted octanol–water partition coefficient (Wildman–Crippen LogP) is 3.62. The Morgan fingerprint density at radius 1 is 1.14 bits per heavy atom. The molecule has 0 spiro atoms. The van der Waals surface area contributed by atoms with Gasteiger partial charge in [-0.25, -0.2) is 0 Å². The van der Waals surface area contributed by atoms with Crippen molar-refractivity contribution in [3.63, 3.8) is 0 Å². The number of halogens is 1. The summed E-state index contributed by atoms with van der Waals surface area (Å²) in [7, 11) is 0. The van der Waals surface area contributed by atoms with Gasteiger partial charge in [-0.1, -0.05) is 18.2 Å². The van der Waals surface area contributed by atoms with Crippen LogP contribution in [0.2, 0.25) is 0 Å². The van der Waals surface area contributed by atoms with Gasteiger partial charge in [-0.2, -0.15) is 10.2 Å². The summed E-state index contributed by atoms with van der Waals surface area (Å²) in [5, 5.41) is 14.2. The van der Waals surface area contributed by atoms with Gasteiger partial charge in [0.1, 0.15) is 6.04 Å². The first-order valence-corrected chi connectivity index (χ1v) is 9.64. The van der Waals surface area contributed by atoms with Crippen LogP contribution in [-0.2, 0) is 11.3 Å². The number of nitrogens with zero attached hydrogens (tertiary/aromatic N) is 4. The summed E-state index contributed by atoms with van der Waals surface area (Å²) in [5.41, 5.74) is 1.96.